The molecule has 0 atom stereocenters. The predicted octanol–water partition coefficient (Wildman–Crippen LogP) is 3.02. The van der Waals surface area contributed by atoms with Gasteiger partial charge in [-0.25, -0.2) is 27.2 Å². The fraction of sp³-hybridized carbons (Fsp3) is 0.208. The summed E-state index contributed by atoms with van der Waals surface area (Å²) in [6.45, 7) is 0.859. The van der Waals surface area contributed by atoms with E-state index in [1.165, 1.54) is 29.3 Å². The van der Waals surface area contributed by atoms with Gasteiger partial charge in [0, 0.05) is 24.7 Å². The van der Waals surface area contributed by atoms with Crippen molar-refractivity contribution in [2.24, 2.45) is 0 Å². The fourth-order valence-corrected chi connectivity index (χ4v) is 5.68. The van der Waals surface area contributed by atoms with Gasteiger partial charge >= 0.3 is 6.09 Å². The van der Waals surface area contributed by atoms with Crippen LogP contribution in [0.1, 0.15) is 18.6 Å². The summed E-state index contributed by atoms with van der Waals surface area (Å²) in [5.41, 5.74) is 0.904. The maximum absolute atomic E-state index is 13.3. The number of rotatable bonds is 5. The lowest BCUT2D eigenvalue weighted by Crippen LogP contribution is -2.35. The second-order valence-corrected chi connectivity index (χ2v) is 10.2. The van der Waals surface area contributed by atoms with Crippen molar-refractivity contribution in [1.82, 2.24) is 23.6 Å². The number of carbonyl (C=O) groups excluding carboxylic acids is 1. The van der Waals surface area contributed by atoms with E-state index in [1.54, 1.807) is 41.3 Å². The van der Waals surface area contributed by atoms with Crippen molar-refractivity contribution in [3.8, 4) is 11.6 Å². The number of carbonyl (C=O) groups is 1. The lowest BCUT2D eigenvalue weighted by atomic mass is 10.3. The van der Waals surface area contributed by atoms with E-state index in [-0.39, 0.29) is 28.7 Å². The third-order valence-electron chi connectivity index (χ3n) is 6.13. The first-order valence-electron chi connectivity index (χ1n) is 11.3. The van der Waals surface area contributed by atoms with Gasteiger partial charge in [-0.15, -0.1) is 4.73 Å². The molecule has 0 spiro atoms. The lowest BCUT2D eigenvalue weighted by Gasteiger charge is -2.16. The Labute approximate surface area is 205 Å². The van der Waals surface area contributed by atoms with Crippen LogP contribution in [0.5, 0.6) is 0 Å². The maximum atomic E-state index is 13.3. The molecule has 0 saturated carbocycles. The maximum Gasteiger partial charge on any atom is 0.434 e. The van der Waals surface area contributed by atoms with Crippen LogP contribution in [0.3, 0.4) is 0 Å². The zero-order valence-electron chi connectivity index (χ0n) is 18.9. The van der Waals surface area contributed by atoms with Crippen LogP contribution >= 0.6 is 0 Å². The van der Waals surface area contributed by atoms with Crippen molar-refractivity contribution >= 4 is 38.2 Å². The van der Waals surface area contributed by atoms with Gasteiger partial charge in [0.1, 0.15) is 23.4 Å². The number of aromatic nitrogens is 4. The van der Waals surface area contributed by atoms with Gasteiger partial charge in [0.15, 0.2) is 11.4 Å². The highest BCUT2D eigenvalue weighted by atomic mass is 32.2. The van der Waals surface area contributed by atoms with E-state index in [4.69, 9.17) is 9.25 Å². The summed E-state index contributed by atoms with van der Waals surface area (Å²) >= 11 is 0. The number of amides is 1. The molecule has 5 aromatic rings. The topological polar surface area (TPSA) is 133 Å². The molecule has 1 aromatic carbocycles. The quantitative estimate of drug-likeness (QED) is 0.384. The molecule has 1 amide bonds. The number of pyridine rings is 1. The summed E-state index contributed by atoms with van der Waals surface area (Å²) in [6, 6.07) is 12.9. The highest BCUT2D eigenvalue weighted by Gasteiger charge is 2.27. The van der Waals surface area contributed by atoms with E-state index in [0.29, 0.717) is 35.3 Å². The van der Waals surface area contributed by atoms with Crippen LogP contribution in [0.15, 0.2) is 70.2 Å². The van der Waals surface area contributed by atoms with E-state index in [1.807, 2.05) is 0 Å². The minimum absolute atomic E-state index is 0.117. The molecule has 0 unspecified atom stereocenters. The number of fused-ring (bicyclic) bond motifs is 3. The molecular formula is C24H21N5O6S. The molecule has 0 aliphatic carbocycles. The van der Waals surface area contributed by atoms with Crippen LogP contribution in [0.25, 0.3) is 33.7 Å². The molecule has 1 fully saturated rings. The van der Waals surface area contributed by atoms with Crippen LogP contribution < -0.4 is 4.84 Å². The van der Waals surface area contributed by atoms with Crippen molar-refractivity contribution in [3.63, 3.8) is 0 Å². The molecule has 0 bridgehead atoms. The fourth-order valence-electron chi connectivity index (χ4n) is 4.36. The van der Waals surface area contributed by atoms with E-state index in [0.717, 1.165) is 16.8 Å². The van der Waals surface area contributed by atoms with Crippen LogP contribution in [0.2, 0.25) is 0 Å². The lowest BCUT2D eigenvalue weighted by molar-refractivity contribution is 0.105. The highest BCUT2D eigenvalue weighted by Crippen LogP contribution is 2.32. The first-order valence-corrected chi connectivity index (χ1v) is 12.8. The molecule has 1 aliphatic rings. The number of benzene rings is 1. The summed E-state index contributed by atoms with van der Waals surface area (Å²) in [5.74, 6) is 0.775. The third-order valence-corrected chi connectivity index (χ3v) is 7.81. The normalized spacial score (nSPS) is 14.2. The molecule has 11 nitrogen and oxygen atoms in total. The number of aliphatic hydroxyl groups is 1. The first-order chi connectivity index (χ1) is 17.5. The number of hydrogen-bond acceptors (Lipinski definition) is 8. The summed E-state index contributed by atoms with van der Waals surface area (Å²) in [7, 11) is -3.92. The van der Waals surface area contributed by atoms with E-state index in [2.05, 4.69) is 9.97 Å². The number of hydrogen-bond donors (Lipinski definition) is 1. The van der Waals surface area contributed by atoms with Crippen molar-refractivity contribution in [2.45, 2.75) is 24.3 Å². The summed E-state index contributed by atoms with van der Waals surface area (Å²) < 4.78 is 34.6. The SMILES string of the molecule is O=C(On1c(-c2ccc(CO)o2)nc2cnc3c(ccn3S(=O)(=O)c3ccccc3)c21)N1CCCC1. The van der Waals surface area contributed by atoms with Crippen molar-refractivity contribution in [1.29, 1.82) is 0 Å². The largest absolute Gasteiger partial charge is 0.455 e. The standard InChI is InChI=1S/C24H21N5O6S/c30-15-16-8-9-20(34-16)23-26-19-14-25-22-18(21(19)29(23)35-24(31)27-11-4-5-12-27)10-13-28(22)36(32,33)17-6-2-1-3-7-17/h1-3,6-10,13-14,30H,4-5,11-12,15H2. The Kier molecular flexibility index (Phi) is 5.27. The zero-order chi connectivity index (χ0) is 24.9. The summed E-state index contributed by atoms with van der Waals surface area (Å²) in [4.78, 5) is 29.4. The molecule has 4 aromatic heterocycles. The average Bonchev–Trinajstić information content (AvgIpc) is 3.69. The molecule has 5 heterocycles. The Morgan fingerprint density at radius 3 is 2.58 bits per heavy atom. The number of likely N-dealkylation sites (tertiary alicyclic amines) is 1. The Hall–Kier alpha value is -4.16. The van der Waals surface area contributed by atoms with E-state index in [9.17, 15) is 18.3 Å². The minimum atomic E-state index is -3.92. The van der Waals surface area contributed by atoms with Gasteiger partial charge in [0.2, 0.25) is 5.82 Å². The number of aliphatic hydroxyl groups excluding tert-OH is 1. The Morgan fingerprint density at radius 1 is 1.08 bits per heavy atom. The van der Waals surface area contributed by atoms with E-state index < -0.39 is 16.1 Å². The molecule has 6 rings (SSSR count). The Balaban J connectivity index is 1.55. The zero-order valence-corrected chi connectivity index (χ0v) is 19.8. The van der Waals surface area contributed by atoms with Gasteiger partial charge in [0.05, 0.1) is 11.1 Å². The molecule has 1 saturated heterocycles. The molecule has 1 aliphatic heterocycles. The molecule has 1 N–H and O–H groups in total. The van der Waals surface area contributed by atoms with Gasteiger partial charge in [0.25, 0.3) is 10.0 Å². The Bertz CT molecular complexity index is 1700. The van der Waals surface area contributed by atoms with E-state index >= 15 is 0 Å². The number of imidazole rings is 1. The monoisotopic (exact) mass is 507 g/mol. The minimum Gasteiger partial charge on any atom is -0.455 e. The van der Waals surface area contributed by atoms with Crippen LogP contribution in [0.4, 0.5) is 4.79 Å². The Morgan fingerprint density at radius 2 is 1.86 bits per heavy atom. The molecular weight excluding hydrogens is 486 g/mol. The molecule has 0 radical (unpaired) electrons. The van der Waals surface area contributed by atoms with Crippen molar-refractivity contribution in [3.05, 3.63) is 66.7 Å². The van der Waals surface area contributed by atoms with Crippen LogP contribution in [-0.4, -0.2) is 56.3 Å². The van der Waals surface area contributed by atoms with Crippen LogP contribution in [0, 0.1) is 0 Å². The van der Waals surface area contributed by atoms with Gasteiger partial charge in [-0.2, -0.15) is 0 Å². The smallest absolute Gasteiger partial charge is 0.434 e. The summed E-state index contributed by atoms with van der Waals surface area (Å²) in [5, 5.41) is 9.85. The van der Waals surface area contributed by atoms with Gasteiger partial charge in [-0.1, -0.05) is 18.2 Å². The second kappa shape index (κ2) is 8.50. The molecule has 12 heteroatoms. The average molecular weight is 508 g/mol. The van der Waals surface area contributed by atoms with Crippen molar-refractivity contribution in [2.75, 3.05) is 13.1 Å². The number of furan rings is 1. The third kappa shape index (κ3) is 3.53. The van der Waals surface area contributed by atoms with Gasteiger partial charge in [-0.3, -0.25) is 0 Å². The van der Waals surface area contributed by atoms with Gasteiger partial charge in [-0.05, 0) is 43.2 Å². The van der Waals surface area contributed by atoms with Gasteiger partial charge < -0.3 is 19.3 Å². The number of nitrogens with zero attached hydrogens (tertiary/aromatic N) is 5. The predicted molar refractivity (Wildman–Crippen MR) is 128 cm³/mol. The molecule has 36 heavy (non-hydrogen) atoms. The second-order valence-electron chi connectivity index (χ2n) is 8.36. The highest BCUT2D eigenvalue weighted by molar-refractivity contribution is 7.90. The molecule has 184 valence electrons. The first kappa shape index (κ1) is 22.3. The summed E-state index contributed by atoms with van der Waals surface area (Å²) in [6.07, 6.45) is 4.06. The van der Waals surface area contributed by atoms with Crippen LogP contribution in [-0.2, 0) is 16.6 Å². The van der Waals surface area contributed by atoms with Crippen molar-refractivity contribution < 1.29 is 27.6 Å².